The van der Waals surface area contributed by atoms with E-state index in [2.05, 4.69) is 4.90 Å². The van der Waals surface area contributed by atoms with E-state index >= 15 is 0 Å². The highest BCUT2D eigenvalue weighted by molar-refractivity contribution is 6.23. The number of nitrogens with zero attached hydrogens (tertiary/aromatic N) is 1. The Hall–Kier alpha value is -1.41. The van der Waals surface area contributed by atoms with Crippen LogP contribution in [0.4, 0.5) is 0 Å². The van der Waals surface area contributed by atoms with Gasteiger partial charge in [0.2, 0.25) is 23.1 Å². The van der Waals surface area contributed by atoms with Crippen molar-refractivity contribution in [1.29, 1.82) is 0 Å². The summed E-state index contributed by atoms with van der Waals surface area (Å²) in [6, 6.07) is 0. The normalized spacial score (nSPS) is 20.4. The van der Waals surface area contributed by atoms with E-state index in [9.17, 15) is 14.7 Å². The molecule has 0 radical (unpaired) electrons. The molecule has 1 atom stereocenters. The average molecular weight is 432 g/mol. The van der Waals surface area contributed by atoms with Gasteiger partial charge in [-0.3, -0.25) is 14.5 Å². The van der Waals surface area contributed by atoms with Gasteiger partial charge < -0.3 is 19.3 Å². The summed E-state index contributed by atoms with van der Waals surface area (Å²) in [6.45, 7) is 7.94. The summed E-state index contributed by atoms with van der Waals surface area (Å²) in [6.07, 6.45) is 3.63. The lowest BCUT2D eigenvalue weighted by Gasteiger charge is -2.28. The Morgan fingerprint density at radius 3 is 2.21 bits per heavy atom. The molecule has 7 nitrogen and oxygen atoms in total. The van der Waals surface area contributed by atoms with Crippen LogP contribution in [0.15, 0.2) is 22.7 Å². The molecule has 0 amide bonds. The molecule has 8 heteroatoms. The number of morpholine rings is 1. The van der Waals surface area contributed by atoms with Gasteiger partial charge in [-0.1, -0.05) is 12.8 Å². The quantitative estimate of drug-likeness (QED) is 0.420. The fourth-order valence-corrected chi connectivity index (χ4v) is 3.72. The molecule has 166 valence electrons. The Bertz CT molecular complexity index is 650. The van der Waals surface area contributed by atoms with Crippen molar-refractivity contribution in [2.24, 2.45) is 0 Å². The van der Waals surface area contributed by atoms with Crippen LogP contribution in [0.1, 0.15) is 46.0 Å². The van der Waals surface area contributed by atoms with Crippen LogP contribution >= 0.6 is 12.4 Å². The lowest BCUT2D eigenvalue weighted by atomic mass is 9.83. The van der Waals surface area contributed by atoms with Gasteiger partial charge in [0.1, 0.15) is 0 Å². The van der Waals surface area contributed by atoms with E-state index in [0.717, 1.165) is 52.1 Å². The maximum atomic E-state index is 12.7. The Morgan fingerprint density at radius 1 is 1.03 bits per heavy atom. The second-order valence-corrected chi connectivity index (χ2v) is 7.77. The van der Waals surface area contributed by atoms with Crippen molar-refractivity contribution < 1.29 is 28.9 Å². The summed E-state index contributed by atoms with van der Waals surface area (Å²) in [5, 5.41) is 10.8. The Labute approximate surface area is 179 Å². The molecule has 1 saturated heterocycles. The largest absolute Gasteiger partial charge is 0.489 e. The standard InChI is InChI=1S/C21H33NO6.ClH/c1-15-16(18(24)20(27-4)19(26-3)17(15)23)14-21(2,25)8-6-5-7-9-22-10-12-28-13-11-22;/h25H,5-14H2,1-4H3;1H. The van der Waals surface area contributed by atoms with Crippen molar-refractivity contribution in [2.45, 2.75) is 51.6 Å². The topological polar surface area (TPSA) is 85.3 Å². The van der Waals surface area contributed by atoms with E-state index in [4.69, 9.17) is 14.2 Å². The zero-order chi connectivity index (χ0) is 20.7. The van der Waals surface area contributed by atoms with E-state index in [0.29, 0.717) is 17.6 Å². The first-order chi connectivity index (χ1) is 13.3. The molecule has 1 N–H and O–H groups in total. The molecule has 0 bridgehead atoms. The van der Waals surface area contributed by atoms with Gasteiger partial charge in [-0.25, -0.2) is 0 Å². The first-order valence-corrected chi connectivity index (χ1v) is 9.94. The van der Waals surface area contributed by atoms with Crippen LogP contribution in [0.25, 0.3) is 0 Å². The van der Waals surface area contributed by atoms with Crippen molar-refractivity contribution >= 4 is 24.0 Å². The van der Waals surface area contributed by atoms with Gasteiger partial charge in [-0.2, -0.15) is 0 Å². The predicted molar refractivity (Wildman–Crippen MR) is 112 cm³/mol. The van der Waals surface area contributed by atoms with Crippen molar-refractivity contribution in [3.8, 4) is 0 Å². The van der Waals surface area contributed by atoms with Crippen molar-refractivity contribution in [2.75, 3.05) is 47.1 Å². The van der Waals surface area contributed by atoms with Crippen molar-refractivity contribution in [3.05, 3.63) is 22.7 Å². The smallest absolute Gasteiger partial charge is 0.228 e. The monoisotopic (exact) mass is 431 g/mol. The van der Waals surface area contributed by atoms with Crippen LogP contribution in [-0.4, -0.2) is 74.2 Å². The Morgan fingerprint density at radius 2 is 1.62 bits per heavy atom. The minimum absolute atomic E-state index is 0. The van der Waals surface area contributed by atoms with E-state index in [1.54, 1.807) is 13.8 Å². The first-order valence-electron chi connectivity index (χ1n) is 9.94. The van der Waals surface area contributed by atoms with Gasteiger partial charge in [0.25, 0.3) is 0 Å². The molecule has 0 spiro atoms. The van der Waals surface area contributed by atoms with E-state index < -0.39 is 5.60 Å². The number of rotatable bonds is 10. The van der Waals surface area contributed by atoms with E-state index in [-0.39, 0.29) is 41.9 Å². The lowest BCUT2D eigenvalue weighted by molar-refractivity contribution is -0.121. The number of methoxy groups -OCH3 is 2. The molecular formula is C21H34ClNO6. The molecule has 1 aliphatic heterocycles. The molecule has 0 aromatic rings. The summed E-state index contributed by atoms with van der Waals surface area (Å²) in [5.74, 6) is -0.912. The van der Waals surface area contributed by atoms with Crippen LogP contribution in [-0.2, 0) is 23.8 Å². The van der Waals surface area contributed by atoms with Gasteiger partial charge in [0.05, 0.1) is 33.0 Å². The number of halogens is 1. The number of unbranched alkanes of at least 4 members (excludes halogenated alkanes) is 2. The summed E-state index contributed by atoms with van der Waals surface area (Å²) in [4.78, 5) is 27.6. The SMILES string of the molecule is COC1=C(OC)C(=O)C(CC(C)(O)CCCCCN2CCOCC2)=C(C)C1=O.Cl. The van der Waals surface area contributed by atoms with Gasteiger partial charge in [0, 0.05) is 30.7 Å². The Balaban J connectivity index is 0.00000420. The molecule has 0 aromatic carbocycles. The molecule has 1 aliphatic carbocycles. The number of Topliss-reactive ketones (excluding diaryl/α,β-unsaturated/α-hetero) is 2. The number of hydrogen-bond donors (Lipinski definition) is 1. The van der Waals surface area contributed by atoms with Crippen molar-refractivity contribution in [1.82, 2.24) is 4.90 Å². The van der Waals surface area contributed by atoms with Crippen LogP contribution in [0.5, 0.6) is 0 Å². The highest BCUT2D eigenvalue weighted by atomic mass is 35.5. The van der Waals surface area contributed by atoms with Crippen molar-refractivity contribution in [3.63, 3.8) is 0 Å². The maximum absolute atomic E-state index is 12.7. The minimum atomic E-state index is -1.06. The predicted octanol–water partition coefficient (Wildman–Crippen LogP) is 2.41. The number of carbonyl (C=O) groups is 2. The van der Waals surface area contributed by atoms with Gasteiger partial charge in [-0.15, -0.1) is 12.4 Å². The fraction of sp³-hybridized carbons (Fsp3) is 0.714. The molecule has 0 aromatic heterocycles. The van der Waals surface area contributed by atoms with E-state index in [1.807, 2.05) is 0 Å². The first kappa shape index (κ1) is 25.6. The molecule has 1 heterocycles. The third-order valence-electron chi connectivity index (χ3n) is 5.45. The highest BCUT2D eigenvalue weighted by Crippen LogP contribution is 2.32. The zero-order valence-corrected chi connectivity index (χ0v) is 18.7. The maximum Gasteiger partial charge on any atom is 0.228 e. The Kier molecular flexibility index (Phi) is 10.3. The number of carbonyl (C=O) groups excluding carboxylic acids is 2. The number of allylic oxidation sites excluding steroid dienone is 2. The van der Waals surface area contributed by atoms with Gasteiger partial charge in [-0.05, 0) is 33.2 Å². The average Bonchev–Trinajstić information content (AvgIpc) is 2.68. The molecule has 2 rings (SSSR count). The molecular weight excluding hydrogens is 398 g/mol. The third-order valence-corrected chi connectivity index (χ3v) is 5.45. The second kappa shape index (κ2) is 11.7. The van der Waals surface area contributed by atoms with E-state index in [1.165, 1.54) is 14.2 Å². The van der Waals surface area contributed by atoms with Gasteiger partial charge in [0.15, 0.2) is 0 Å². The summed E-state index contributed by atoms with van der Waals surface area (Å²) in [5.41, 5.74) is -0.439. The highest BCUT2D eigenvalue weighted by Gasteiger charge is 2.37. The molecule has 1 unspecified atom stereocenters. The summed E-state index contributed by atoms with van der Waals surface area (Å²) < 4.78 is 15.5. The minimum Gasteiger partial charge on any atom is -0.489 e. The van der Waals surface area contributed by atoms with Crippen LogP contribution in [0.3, 0.4) is 0 Å². The fourth-order valence-electron chi connectivity index (χ4n) is 3.72. The number of aliphatic hydroxyl groups is 1. The number of ether oxygens (including phenoxy) is 3. The lowest BCUT2D eigenvalue weighted by Crippen LogP contribution is -2.36. The van der Waals surface area contributed by atoms with Crippen LogP contribution in [0, 0.1) is 0 Å². The molecule has 0 saturated carbocycles. The van der Waals surface area contributed by atoms with Crippen LogP contribution in [0.2, 0.25) is 0 Å². The van der Waals surface area contributed by atoms with Crippen LogP contribution < -0.4 is 0 Å². The van der Waals surface area contributed by atoms with Gasteiger partial charge >= 0.3 is 0 Å². The molecule has 29 heavy (non-hydrogen) atoms. The third kappa shape index (κ3) is 6.81. The number of hydrogen-bond acceptors (Lipinski definition) is 7. The summed E-state index contributed by atoms with van der Waals surface area (Å²) >= 11 is 0. The molecule has 1 fully saturated rings. The number of ketones is 2. The second-order valence-electron chi connectivity index (χ2n) is 7.77. The summed E-state index contributed by atoms with van der Waals surface area (Å²) in [7, 11) is 2.68. The zero-order valence-electron chi connectivity index (χ0n) is 17.9. The molecule has 2 aliphatic rings.